The number of nitrogens with zero attached hydrogens (tertiary/aromatic N) is 2. The maximum atomic E-state index is 9.38. The molecule has 0 aromatic heterocycles. The summed E-state index contributed by atoms with van der Waals surface area (Å²) in [5.41, 5.74) is 0.106. The van der Waals surface area contributed by atoms with Gasteiger partial charge in [-0.2, -0.15) is 5.26 Å². The summed E-state index contributed by atoms with van der Waals surface area (Å²) in [6.07, 6.45) is 4.87. The average molecular weight is 251 g/mol. The standard InChI is InChI=1S/C15H29N3/c1-5-9-17-14(4,11-16)12-18-10-8-15(6-2,7-3)13-18/h17H,5-10,12-13H2,1-4H3. The molecule has 0 saturated carbocycles. The predicted octanol–water partition coefficient (Wildman–Crippen LogP) is 2.78. The zero-order valence-corrected chi connectivity index (χ0v) is 12.6. The van der Waals surface area contributed by atoms with Gasteiger partial charge in [0.2, 0.25) is 0 Å². The summed E-state index contributed by atoms with van der Waals surface area (Å²) in [6.45, 7) is 12.8. The third kappa shape index (κ3) is 3.70. The van der Waals surface area contributed by atoms with Crippen molar-refractivity contribution in [1.29, 1.82) is 5.26 Å². The number of nitrogens with one attached hydrogen (secondary N) is 1. The van der Waals surface area contributed by atoms with Gasteiger partial charge in [-0.05, 0) is 51.1 Å². The van der Waals surface area contributed by atoms with E-state index in [4.69, 9.17) is 0 Å². The minimum atomic E-state index is -0.395. The number of nitriles is 1. The lowest BCUT2D eigenvalue weighted by Crippen LogP contribution is -2.50. The van der Waals surface area contributed by atoms with Gasteiger partial charge in [0, 0.05) is 13.1 Å². The van der Waals surface area contributed by atoms with E-state index in [1.165, 1.54) is 19.3 Å². The molecule has 0 bridgehead atoms. The fourth-order valence-electron chi connectivity index (χ4n) is 2.97. The molecule has 3 heteroatoms. The Hall–Kier alpha value is -0.590. The molecule has 1 atom stereocenters. The second-order valence-electron chi connectivity index (χ2n) is 6.04. The first-order valence-corrected chi connectivity index (χ1v) is 7.41. The van der Waals surface area contributed by atoms with Gasteiger partial charge in [0.1, 0.15) is 5.54 Å². The number of rotatable bonds is 7. The topological polar surface area (TPSA) is 39.1 Å². The van der Waals surface area contributed by atoms with Crippen molar-refractivity contribution in [2.45, 2.75) is 58.9 Å². The van der Waals surface area contributed by atoms with Crippen LogP contribution in [0, 0.1) is 16.7 Å². The summed E-state index contributed by atoms with van der Waals surface area (Å²) in [4.78, 5) is 2.47. The SMILES string of the molecule is CCCNC(C)(C#N)CN1CCC(CC)(CC)C1. The molecule has 104 valence electrons. The van der Waals surface area contributed by atoms with Crippen molar-refractivity contribution in [3.63, 3.8) is 0 Å². The summed E-state index contributed by atoms with van der Waals surface area (Å²) in [5, 5.41) is 12.8. The van der Waals surface area contributed by atoms with Crippen LogP contribution in [0.15, 0.2) is 0 Å². The van der Waals surface area contributed by atoms with Gasteiger partial charge in [-0.25, -0.2) is 0 Å². The maximum absolute atomic E-state index is 9.38. The second kappa shape index (κ2) is 6.54. The average Bonchev–Trinajstić information content (AvgIpc) is 2.80. The first-order valence-electron chi connectivity index (χ1n) is 7.41. The molecule has 1 heterocycles. The quantitative estimate of drug-likeness (QED) is 0.756. The van der Waals surface area contributed by atoms with Gasteiger partial charge in [0.15, 0.2) is 0 Å². The molecule has 0 aromatic carbocycles. The highest BCUT2D eigenvalue weighted by atomic mass is 15.2. The van der Waals surface area contributed by atoms with E-state index in [1.807, 2.05) is 6.92 Å². The molecule has 1 saturated heterocycles. The molecule has 0 amide bonds. The maximum Gasteiger partial charge on any atom is 0.116 e. The van der Waals surface area contributed by atoms with Gasteiger partial charge in [-0.3, -0.25) is 10.2 Å². The van der Waals surface area contributed by atoms with Crippen LogP contribution in [-0.4, -0.2) is 36.6 Å². The van der Waals surface area contributed by atoms with E-state index in [0.29, 0.717) is 5.41 Å². The Morgan fingerprint density at radius 1 is 1.33 bits per heavy atom. The molecule has 0 aliphatic carbocycles. The molecule has 0 spiro atoms. The van der Waals surface area contributed by atoms with Crippen LogP contribution in [0.5, 0.6) is 0 Å². The van der Waals surface area contributed by atoms with Crippen molar-refractivity contribution in [2.75, 3.05) is 26.2 Å². The Kier molecular flexibility index (Phi) is 5.62. The van der Waals surface area contributed by atoms with E-state index in [2.05, 4.69) is 37.1 Å². The van der Waals surface area contributed by atoms with Crippen LogP contribution in [0.4, 0.5) is 0 Å². The molecule has 1 rings (SSSR count). The van der Waals surface area contributed by atoms with Crippen LogP contribution in [0.25, 0.3) is 0 Å². The summed E-state index contributed by atoms with van der Waals surface area (Å²) < 4.78 is 0. The Morgan fingerprint density at radius 2 is 2.00 bits per heavy atom. The lowest BCUT2D eigenvalue weighted by molar-refractivity contribution is 0.211. The van der Waals surface area contributed by atoms with Gasteiger partial charge in [0.05, 0.1) is 6.07 Å². The van der Waals surface area contributed by atoms with Crippen LogP contribution in [-0.2, 0) is 0 Å². The van der Waals surface area contributed by atoms with Crippen molar-refractivity contribution < 1.29 is 0 Å². The Bertz CT molecular complexity index is 291. The molecule has 18 heavy (non-hydrogen) atoms. The molecule has 1 fully saturated rings. The first kappa shape index (κ1) is 15.5. The molecule has 1 aliphatic rings. The van der Waals surface area contributed by atoms with Gasteiger partial charge in [-0.15, -0.1) is 0 Å². The summed E-state index contributed by atoms with van der Waals surface area (Å²) in [5.74, 6) is 0. The third-order valence-corrected chi connectivity index (χ3v) is 4.57. The fraction of sp³-hybridized carbons (Fsp3) is 0.933. The largest absolute Gasteiger partial charge is 0.300 e. The molecule has 0 aromatic rings. The normalized spacial score (nSPS) is 22.6. The van der Waals surface area contributed by atoms with Crippen LogP contribution in [0.2, 0.25) is 0 Å². The summed E-state index contributed by atoms with van der Waals surface area (Å²) in [7, 11) is 0. The summed E-state index contributed by atoms with van der Waals surface area (Å²) in [6, 6.07) is 2.45. The molecule has 1 aliphatic heterocycles. The molecule has 1 N–H and O–H groups in total. The predicted molar refractivity (Wildman–Crippen MR) is 76.4 cm³/mol. The number of likely N-dealkylation sites (tertiary alicyclic amines) is 1. The first-order chi connectivity index (χ1) is 8.53. The highest BCUT2D eigenvalue weighted by Gasteiger charge is 2.37. The monoisotopic (exact) mass is 251 g/mol. The van der Waals surface area contributed by atoms with Gasteiger partial charge >= 0.3 is 0 Å². The van der Waals surface area contributed by atoms with E-state index in [0.717, 1.165) is 32.6 Å². The van der Waals surface area contributed by atoms with Crippen LogP contribution in [0.3, 0.4) is 0 Å². The van der Waals surface area contributed by atoms with Gasteiger partial charge in [0.25, 0.3) is 0 Å². The van der Waals surface area contributed by atoms with Crippen molar-refractivity contribution >= 4 is 0 Å². The highest BCUT2D eigenvalue weighted by molar-refractivity contribution is 5.07. The van der Waals surface area contributed by atoms with Gasteiger partial charge < -0.3 is 0 Å². The number of hydrogen-bond acceptors (Lipinski definition) is 3. The smallest absolute Gasteiger partial charge is 0.116 e. The lowest BCUT2D eigenvalue weighted by atomic mass is 9.82. The van der Waals surface area contributed by atoms with Crippen molar-refractivity contribution in [3.05, 3.63) is 0 Å². The minimum Gasteiger partial charge on any atom is -0.300 e. The molecular weight excluding hydrogens is 222 g/mol. The number of hydrogen-bond donors (Lipinski definition) is 1. The zero-order valence-electron chi connectivity index (χ0n) is 12.6. The fourth-order valence-corrected chi connectivity index (χ4v) is 2.97. The van der Waals surface area contributed by atoms with E-state index >= 15 is 0 Å². The highest BCUT2D eigenvalue weighted by Crippen LogP contribution is 2.37. The second-order valence-corrected chi connectivity index (χ2v) is 6.04. The van der Waals surface area contributed by atoms with Crippen molar-refractivity contribution in [2.24, 2.45) is 5.41 Å². The van der Waals surface area contributed by atoms with Crippen molar-refractivity contribution in [1.82, 2.24) is 10.2 Å². The van der Waals surface area contributed by atoms with E-state index < -0.39 is 5.54 Å². The van der Waals surface area contributed by atoms with Crippen LogP contribution < -0.4 is 5.32 Å². The summed E-state index contributed by atoms with van der Waals surface area (Å²) >= 11 is 0. The Morgan fingerprint density at radius 3 is 2.44 bits per heavy atom. The molecule has 3 nitrogen and oxygen atoms in total. The molecular formula is C15H29N3. The zero-order chi connectivity index (χ0) is 13.6. The van der Waals surface area contributed by atoms with Gasteiger partial charge in [-0.1, -0.05) is 20.8 Å². The van der Waals surface area contributed by atoms with Crippen LogP contribution >= 0.6 is 0 Å². The van der Waals surface area contributed by atoms with E-state index in [-0.39, 0.29) is 0 Å². The Balaban J connectivity index is 2.55. The van der Waals surface area contributed by atoms with Crippen LogP contribution in [0.1, 0.15) is 53.4 Å². The molecule has 1 unspecified atom stereocenters. The van der Waals surface area contributed by atoms with Crippen molar-refractivity contribution in [3.8, 4) is 6.07 Å². The Labute approximate surface area is 113 Å². The minimum absolute atomic E-state index is 0.395. The third-order valence-electron chi connectivity index (χ3n) is 4.57. The van der Waals surface area contributed by atoms with E-state index in [1.54, 1.807) is 0 Å². The van der Waals surface area contributed by atoms with E-state index in [9.17, 15) is 5.26 Å². The molecule has 0 radical (unpaired) electrons. The lowest BCUT2D eigenvalue weighted by Gasteiger charge is -2.31.